The molecule has 0 atom stereocenters. The third kappa shape index (κ3) is 5.67. The molecule has 1 aromatic rings. The van der Waals surface area contributed by atoms with Crippen LogP contribution < -0.4 is 5.32 Å². The van der Waals surface area contributed by atoms with Crippen molar-refractivity contribution in [2.75, 3.05) is 11.9 Å². The lowest BCUT2D eigenvalue weighted by molar-refractivity contribution is 0.523. The van der Waals surface area contributed by atoms with Gasteiger partial charge in [-0.15, -0.1) is 0 Å². The molecule has 0 aliphatic heterocycles. The van der Waals surface area contributed by atoms with Crippen molar-refractivity contribution in [2.45, 2.75) is 46.0 Å². The fourth-order valence-electron chi connectivity index (χ4n) is 1.87. The molecule has 1 rings (SSSR count). The summed E-state index contributed by atoms with van der Waals surface area (Å²) >= 11 is 0. The molecule has 1 heterocycles. The van der Waals surface area contributed by atoms with E-state index in [0.29, 0.717) is 11.4 Å². The highest BCUT2D eigenvalue weighted by molar-refractivity contribution is 5.50. The Balaban J connectivity index is 2.13. The zero-order valence-corrected chi connectivity index (χ0v) is 11.4. The number of anilines is 1. The van der Waals surface area contributed by atoms with E-state index in [1.54, 1.807) is 18.3 Å². The van der Waals surface area contributed by atoms with Gasteiger partial charge in [0.2, 0.25) is 0 Å². The van der Waals surface area contributed by atoms with Crippen LogP contribution in [0.3, 0.4) is 0 Å². The van der Waals surface area contributed by atoms with E-state index in [4.69, 9.17) is 5.26 Å². The molecular formula is C15H23N3. The number of hydrogen-bond acceptors (Lipinski definition) is 3. The third-order valence-electron chi connectivity index (χ3n) is 2.93. The van der Waals surface area contributed by atoms with Crippen LogP contribution in [0.25, 0.3) is 0 Å². The molecule has 0 spiro atoms. The van der Waals surface area contributed by atoms with E-state index in [1.165, 1.54) is 25.7 Å². The Hall–Kier alpha value is -1.56. The number of nitrogens with zero attached hydrogens (tertiary/aromatic N) is 2. The van der Waals surface area contributed by atoms with Crippen molar-refractivity contribution in [3.8, 4) is 6.07 Å². The molecule has 0 aliphatic carbocycles. The highest BCUT2D eigenvalue weighted by Crippen LogP contribution is 2.11. The lowest BCUT2D eigenvalue weighted by Crippen LogP contribution is -2.04. The Morgan fingerprint density at radius 2 is 2.06 bits per heavy atom. The first-order valence-corrected chi connectivity index (χ1v) is 6.83. The minimum Gasteiger partial charge on any atom is -0.369 e. The van der Waals surface area contributed by atoms with Gasteiger partial charge in [0.25, 0.3) is 0 Å². The van der Waals surface area contributed by atoms with Crippen molar-refractivity contribution in [2.24, 2.45) is 5.92 Å². The average Bonchev–Trinajstić information content (AvgIpc) is 2.37. The average molecular weight is 245 g/mol. The van der Waals surface area contributed by atoms with Gasteiger partial charge in [-0.2, -0.15) is 5.26 Å². The summed E-state index contributed by atoms with van der Waals surface area (Å²) in [7, 11) is 0. The molecule has 3 nitrogen and oxygen atoms in total. The number of rotatable bonds is 8. The molecule has 0 amide bonds. The van der Waals surface area contributed by atoms with Gasteiger partial charge in [-0.05, 0) is 24.5 Å². The molecule has 0 unspecified atom stereocenters. The number of pyridine rings is 1. The Bertz CT molecular complexity index is 380. The van der Waals surface area contributed by atoms with Crippen molar-refractivity contribution < 1.29 is 0 Å². The van der Waals surface area contributed by atoms with Gasteiger partial charge in [0.15, 0.2) is 0 Å². The molecule has 0 bridgehead atoms. The van der Waals surface area contributed by atoms with Crippen molar-refractivity contribution in [1.82, 2.24) is 4.98 Å². The lowest BCUT2D eigenvalue weighted by Gasteiger charge is -2.07. The monoisotopic (exact) mass is 245 g/mol. The molecule has 98 valence electrons. The van der Waals surface area contributed by atoms with Gasteiger partial charge in [-0.3, -0.25) is 0 Å². The maximum absolute atomic E-state index is 8.91. The molecule has 0 aliphatic rings. The highest BCUT2D eigenvalue weighted by atomic mass is 15.0. The van der Waals surface area contributed by atoms with Crippen LogP contribution in [0.4, 0.5) is 5.82 Å². The molecule has 0 fully saturated rings. The molecule has 1 aromatic heterocycles. The molecule has 1 N–H and O–H groups in total. The number of hydrogen-bond donors (Lipinski definition) is 1. The number of nitriles is 1. The topological polar surface area (TPSA) is 48.7 Å². The Morgan fingerprint density at radius 1 is 1.28 bits per heavy atom. The van der Waals surface area contributed by atoms with E-state index in [9.17, 15) is 0 Å². The number of nitrogens with one attached hydrogen (secondary N) is 1. The largest absolute Gasteiger partial charge is 0.369 e. The molecule has 3 heteroatoms. The molecule has 18 heavy (non-hydrogen) atoms. The van der Waals surface area contributed by atoms with Crippen molar-refractivity contribution in [3.05, 3.63) is 23.9 Å². The normalized spacial score (nSPS) is 10.3. The zero-order chi connectivity index (χ0) is 13.2. The van der Waals surface area contributed by atoms with Crippen LogP contribution in [0.2, 0.25) is 0 Å². The SMILES string of the molecule is CC(C)CCCCCCNc1ncccc1C#N. The zero-order valence-electron chi connectivity index (χ0n) is 11.4. The van der Waals surface area contributed by atoms with Crippen molar-refractivity contribution in [3.63, 3.8) is 0 Å². The van der Waals surface area contributed by atoms with Gasteiger partial charge in [-0.25, -0.2) is 4.98 Å². The quantitative estimate of drug-likeness (QED) is 0.705. The Labute approximate surface area is 110 Å². The van der Waals surface area contributed by atoms with Gasteiger partial charge in [0, 0.05) is 12.7 Å². The second-order valence-electron chi connectivity index (χ2n) is 5.03. The van der Waals surface area contributed by atoms with Crippen LogP contribution in [0, 0.1) is 17.2 Å². The summed E-state index contributed by atoms with van der Waals surface area (Å²) in [6.07, 6.45) is 8.05. The third-order valence-corrected chi connectivity index (χ3v) is 2.93. The summed E-state index contributed by atoms with van der Waals surface area (Å²) in [4.78, 5) is 4.17. The van der Waals surface area contributed by atoms with Crippen LogP contribution in [-0.4, -0.2) is 11.5 Å². The van der Waals surface area contributed by atoms with Crippen LogP contribution in [0.1, 0.15) is 51.5 Å². The van der Waals surface area contributed by atoms with Gasteiger partial charge in [0.05, 0.1) is 5.56 Å². The van der Waals surface area contributed by atoms with Crippen LogP contribution >= 0.6 is 0 Å². The maximum Gasteiger partial charge on any atom is 0.143 e. The molecule has 0 saturated carbocycles. The first-order valence-electron chi connectivity index (χ1n) is 6.83. The van der Waals surface area contributed by atoms with E-state index in [-0.39, 0.29) is 0 Å². The molecular weight excluding hydrogens is 222 g/mol. The summed E-state index contributed by atoms with van der Waals surface area (Å²) in [6.45, 7) is 5.44. The lowest BCUT2D eigenvalue weighted by atomic mass is 10.0. The first kappa shape index (κ1) is 14.5. The summed E-state index contributed by atoms with van der Waals surface area (Å²) in [6, 6.07) is 5.72. The van der Waals surface area contributed by atoms with E-state index >= 15 is 0 Å². The van der Waals surface area contributed by atoms with E-state index in [1.807, 2.05) is 0 Å². The van der Waals surface area contributed by atoms with Crippen molar-refractivity contribution in [1.29, 1.82) is 5.26 Å². The summed E-state index contributed by atoms with van der Waals surface area (Å²) < 4.78 is 0. The minimum absolute atomic E-state index is 0.623. The standard InChI is InChI=1S/C15H23N3/c1-13(2)8-5-3-4-6-10-17-15-14(12-16)9-7-11-18-15/h7,9,11,13H,3-6,8,10H2,1-2H3,(H,17,18). The predicted octanol–water partition coefficient (Wildman–Crippen LogP) is 3.97. The summed E-state index contributed by atoms with van der Waals surface area (Å²) in [5.74, 6) is 1.53. The van der Waals surface area contributed by atoms with E-state index in [2.05, 4.69) is 30.2 Å². The second-order valence-corrected chi connectivity index (χ2v) is 5.03. The van der Waals surface area contributed by atoms with Crippen LogP contribution in [0.15, 0.2) is 18.3 Å². The summed E-state index contributed by atoms with van der Waals surface area (Å²) in [5, 5.41) is 12.1. The predicted molar refractivity (Wildman–Crippen MR) is 75.4 cm³/mol. The van der Waals surface area contributed by atoms with Crippen LogP contribution in [-0.2, 0) is 0 Å². The molecule has 0 saturated heterocycles. The number of unbranched alkanes of at least 4 members (excludes halogenated alkanes) is 3. The highest BCUT2D eigenvalue weighted by Gasteiger charge is 2.00. The first-order chi connectivity index (χ1) is 8.74. The fraction of sp³-hybridized carbons (Fsp3) is 0.600. The Kier molecular flexibility index (Phi) is 6.86. The summed E-state index contributed by atoms with van der Waals surface area (Å²) in [5.41, 5.74) is 0.623. The smallest absolute Gasteiger partial charge is 0.143 e. The van der Waals surface area contributed by atoms with Gasteiger partial charge in [-0.1, -0.05) is 39.5 Å². The minimum atomic E-state index is 0.623. The van der Waals surface area contributed by atoms with Crippen LogP contribution in [0.5, 0.6) is 0 Å². The molecule has 0 radical (unpaired) electrons. The van der Waals surface area contributed by atoms with E-state index in [0.717, 1.165) is 18.9 Å². The number of aromatic nitrogens is 1. The second kappa shape index (κ2) is 8.52. The van der Waals surface area contributed by atoms with E-state index < -0.39 is 0 Å². The fourth-order valence-corrected chi connectivity index (χ4v) is 1.87. The van der Waals surface area contributed by atoms with Gasteiger partial charge in [0.1, 0.15) is 11.9 Å². The van der Waals surface area contributed by atoms with Gasteiger partial charge < -0.3 is 5.32 Å². The Morgan fingerprint density at radius 3 is 2.78 bits per heavy atom. The van der Waals surface area contributed by atoms with Gasteiger partial charge >= 0.3 is 0 Å². The van der Waals surface area contributed by atoms with Crippen molar-refractivity contribution >= 4 is 5.82 Å². The molecule has 0 aromatic carbocycles. The maximum atomic E-state index is 8.91.